The van der Waals surface area contributed by atoms with E-state index in [1.165, 1.54) is 34.9 Å². The van der Waals surface area contributed by atoms with Crippen LogP contribution in [0, 0.1) is 28.3 Å². The molecule has 0 aliphatic rings. The molecule has 6 nitrogen and oxygen atoms in total. The number of aromatic nitrogens is 1. The average molecular weight is 355 g/mol. The van der Waals surface area contributed by atoms with Crippen LogP contribution in [0.5, 0.6) is 0 Å². The van der Waals surface area contributed by atoms with Crippen LogP contribution >= 0.6 is 11.3 Å². The van der Waals surface area contributed by atoms with Gasteiger partial charge in [-0.05, 0) is 18.2 Å². The van der Waals surface area contributed by atoms with Crippen LogP contribution in [0.1, 0.15) is 10.4 Å². The molecule has 0 aliphatic carbocycles. The van der Waals surface area contributed by atoms with Crippen molar-refractivity contribution < 1.29 is 14.1 Å². The number of hydrogen-bond donors (Lipinski definition) is 0. The lowest BCUT2D eigenvalue weighted by molar-refractivity contribution is -0.385. The second-order valence-electron chi connectivity index (χ2n) is 4.95. The van der Waals surface area contributed by atoms with Crippen molar-refractivity contribution in [2.45, 2.75) is 6.54 Å². The molecule has 1 aromatic heterocycles. The van der Waals surface area contributed by atoms with Gasteiger partial charge in [-0.2, -0.15) is 4.99 Å². The maximum absolute atomic E-state index is 14.1. The van der Waals surface area contributed by atoms with Gasteiger partial charge in [-0.3, -0.25) is 14.9 Å². The Morgan fingerprint density at radius 1 is 1.32 bits per heavy atom. The molecule has 1 heterocycles. The maximum atomic E-state index is 14.1. The molecule has 0 radical (unpaired) electrons. The fourth-order valence-corrected chi connectivity index (χ4v) is 3.41. The smallest absolute Gasteiger partial charge is 0.286 e. The fraction of sp³-hybridized carbons (Fsp3) is 0.0588. The van der Waals surface area contributed by atoms with E-state index in [9.17, 15) is 19.3 Å². The van der Waals surface area contributed by atoms with Gasteiger partial charge in [0.25, 0.3) is 11.6 Å². The summed E-state index contributed by atoms with van der Waals surface area (Å²) >= 11 is 1.09. The second-order valence-corrected chi connectivity index (χ2v) is 5.96. The molecular weight excluding hydrogens is 345 g/mol. The summed E-state index contributed by atoms with van der Waals surface area (Å²) in [6.45, 7) is 0.0178. The predicted molar refractivity (Wildman–Crippen MR) is 91.6 cm³/mol. The van der Waals surface area contributed by atoms with Gasteiger partial charge in [0.15, 0.2) is 4.80 Å². The van der Waals surface area contributed by atoms with E-state index in [0.29, 0.717) is 4.70 Å². The number of fused-ring (bicyclic) bond motifs is 1. The molecule has 1 amide bonds. The average Bonchev–Trinajstić information content (AvgIpc) is 2.94. The number of halogens is 1. The minimum Gasteiger partial charge on any atom is -0.302 e. The highest BCUT2D eigenvalue weighted by Gasteiger charge is 2.19. The molecule has 0 spiro atoms. The summed E-state index contributed by atoms with van der Waals surface area (Å²) in [7, 11) is 0. The molecule has 2 aromatic carbocycles. The van der Waals surface area contributed by atoms with Crippen molar-refractivity contribution in [3.05, 3.63) is 68.8 Å². The van der Waals surface area contributed by atoms with Gasteiger partial charge in [-0.15, -0.1) is 6.42 Å². The molecule has 3 rings (SSSR count). The molecule has 3 aromatic rings. The minimum atomic E-state index is -0.787. The summed E-state index contributed by atoms with van der Waals surface area (Å²) < 4.78 is 16.1. The van der Waals surface area contributed by atoms with Crippen LogP contribution in [0.25, 0.3) is 10.2 Å². The van der Waals surface area contributed by atoms with Crippen LogP contribution in [-0.2, 0) is 6.54 Å². The predicted octanol–water partition coefficient (Wildman–Crippen LogP) is 3.12. The maximum Gasteiger partial charge on any atom is 0.286 e. The number of hydrogen-bond acceptors (Lipinski definition) is 4. The first kappa shape index (κ1) is 16.5. The van der Waals surface area contributed by atoms with E-state index < -0.39 is 16.6 Å². The minimum absolute atomic E-state index is 0.0178. The van der Waals surface area contributed by atoms with Gasteiger partial charge in [-0.25, -0.2) is 4.39 Å². The van der Waals surface area contributed by atoms with Crippen LogP contribution < -0.4 is 4.80 Å². The van der Waals surface area contributed by atoms with Gasteiger partial charge < -0.3 is 4.57 Å². The fourth-order valence-electron chi connectivity index (χ4n) is 2.37. The Kier molecular flexibility index (Phi) is 4.41. The first-order valence-corrected chi connectivity index (χ1v) is 7.88. The van der Waals surface area contributed by atoms with Crippen LogP contribution in [-0.4, -0.2) is 15.4 Å². The molecular formula is C17H10FN3O3S. The topological polar surface area (TPSA) is 77.5 Å². The normalized spacial score (nSPS) is 11.4. The monoisotopic (exact) mass is 355 g/mol. The van der Waals surface area contributed by atoms with Gasteiger partial charge in [0.2, 0.25) is 0 Å². The highest BCUT2D eigenvalue weighted by molar-refractivity contribution is 7.16. The number of amides is 1. The highest BCUT2D eigenvalue weighted by atomic mass is 32.1. The molecule has 0 saturated carbocycles. The summed E-state index contributed by atoms with van der Waals surface area (Å²) in [5.41, 5.74) is -0.232. The SMILES string of the molecule is C#CCn1c(=NC(=O)c2ccccc2[N+](=O)[O-])sc2cccc(F)c21. The van der Waals surface area contributed by atoms with E-state index >= 15 is 0 Å². The Labute approximate surface area is 145 Å². The number of thiazole rings is 1. The molecule has 0 aliphatic heterocycles. The number of nitro groups is 1. The van der Waals surface area contributed by atoms with Crippen LogP contribution in [0.4, 0.5) is 10.1 Å². The van der Waals surface area contributed by atoms with E-state index in [-0.39, 0.29) is 28.1 Å². The Bertz CT molecular complexity index is 1110. The van der Waals surface area contributed by atoms with Gasteiger partial charge >= 0.3 is 0 Å². The van der Waals surface area contributed by atoms with E-state index in [1.54, 1.807) is 12.1 Å². The van der Waals surface area contributed by atoms with Crippen molar-refractivity contribution in [2.75, 3.05) is 0 Å². The van der Waals surface area contributed by atoms with Crippen molar-refractivity contribution in [1.82, 2.24) is 4.57 Å². The third kappa shape index (κ3) is 3.05. The summed E-state index contributed by atoms with van der Waals surface area (Å²) in [6.07, 6.45) is 5.33. The first-order valence-electron chi connectivity index (χ1n) is 7.06. The molecule has 25 heavy (non-hydrogen) atoms. The molecule has 0 N–H and O–H groups in total. The van der Waals surface area contributed by atoms with Crippen molar-refractivity contribution in [3.8, 4) is 12.3 Å². The third-order valence-electron chi connectivity index (χ3n) is 3.43. The molecule has 0 atom stereocenters. The van der Waals surface area contributed by atoms with E-state index in [2.05, 4.69) is 10.9 Å². The Morgan fingerprint density at radius 3 is 2.80 bits per heavy atom. The van der Waals surface area contributed by atoms with Gasteiger partial charge in [-0.1, -0.05) is 35.5 Å². The number of rotatable bonds is 3. The number of para-hydroxylation sites is 2. The Balaban J connectivity index is 2.21. The lowest BCUT2D eigenvalue weighted by atomic mass is 10.2. The van der Waals surface area contributed by atoms with Crippen molar-refractivity contribution in [3.63, 3.8) is 0 Å². The number of terminal acetylenes is 1. The van der Waals surface area contributed by atoms with Crippen LogP contribution in [0.2, 0.25) is 0 Å². The Hall–Kier alpha value is -3.31. The summed E-state index contributed by atoms with van der Waals surface area (Å²) in [6, 6.07) is 10.0. The summed E-state index contributed by atoms with van der Waals surface area (Å²) in [4.78, 5) is 27.0. The first-order chi connectivity index (χ1) is 12.0. The molecule has 8 heteroatoms. The highest BCUT2D eigenvalue weighted by Crippen LogP contribution is 2.21. The molecule has 0 bridgehead atoms. The van der Waals surface area contributed by atoms with Gasteiger partial charge in [0.1, 0.15) is 11.4 Å². The van der Waals surface area contributed by atoms with E-state index in [1.807, 2.05) is 0 Å². The van der Waals surface area contributed by atoms with E-state index in [0.717, 1.165) is 11.3 Å². The zero-order valence-corrected chi connectivity index (χ0v) is 13.5. The largest absolute Gasteiger partial charge is 0.302 e. The quantitative estimate of drug-likeness (QED) is 0.411. The van der Waals surface area contributed by atoms with Crippen LogP contribution in [0.15, 0.2) is 47.5 Å². The van der Waals surface area contributed by atoms with Crippen molar-refractivity contribution in [2.24, 2.45) is 4.99 Å². The summed E-state index contributed by atoms with van der Waals surface area (Å²) in [5.74, 6) is 1.13. The van der Waals surface area contributed by atoms with E-state index in [4.69, 9.17) is 6.42 Å². The van der Waals surface area contributed by atoms with Crippen molar-refractivity contribution >= 4 is 33.1 Å². The van der Waals surface area contributed by atoms with Crippen molar-refractivity contribution in [1.29, 1.82) is 0 Å². The number of carbonyl (C=O) groups excluding carboxylic acids is 1. The van der Waals surface area contributed by atoms with Crippen LogP contribution in [0.3, 0.4) is 0 Å². The third-order valence-corrected chi connectivity index (χ3v) is 4.47. The standard InChI is InChI=1S/C17H10FN3O3S/c1-2-10-20-15-12(18)7-5-9-14(15)25-17(20)19-16(22)11-6-3-4-8-13(11)21(23)24/h1,3-9H,10H2. The molecule has 124 valence electrons. The lowest BCUT2D eigenvalue weighted by Gasteiger charge is -2.01. The zero-order valence-electron chi connectivity index (χ0n) is 12.7. The number of carbonyl (C=O) groups is 1. The number of nitro benzene ring substituents is 1. The lowest BCUT2D eigenvalue weighted by Crippen LogP contribution is -2.17. The van der Waals surface area contributed by atoms with Gasteiger partial charge in [0.05, 0.1) is 21.7 Å². The van der Waals surface area contributed by atoms with Gasteiger partial charge in [0, 0.05) is 6.07 Å². The molecule has 0 saturated heterocycles. The molecule has 0 fully saturated rings. The Morgan fingerprint density at radius 2 is 2.08 bits per heavy atom. The number of nitrogens with zero attached hydrogens (tertiary/aromatic N) is 3. The second kappa shape index (κ2) is 6.67. The number of benzene rings is 2. The zero-order chi connectivity index (χ0) is 18.0. The summed E-state index contributed by atoms with van der Waals surface area (Å²) in [5, 5.41) is 11.1. The molecule has 0 unspecified atom stereocenters.